The molecule has 74 heavy (non-hydrogen) atoms. The summed E-state index contributed by atoms with van der Waals surface area (Å²) in [6.45, 7) is 26.5. The average molecular weight is 997 g/mol. The van der Waals surface area contributed by atoms with Gasteiger partial charge in [0, 0.05) is 90.1 Å². The highest BCUT2D eigenvalue weighted by molar-refractivity contribution is 7.27. The zero-order chi connectivity index (χ0) is 50.5. The summed E-state index contributed by atoms with van der Waals surface area (Å²) in [4.78, 5) is 2.75. The lowest BCUT2D eigenvalue weighted by Gasteiger charge is -2.42. The third-order valence-corrected chi connectivity index (χ3v) is 21.6. The zero-order valence-corrected chi connectivity index (χ0v) is 46.2. The van der Waals surface area contributed by atoms with Crippen LogP contribution in [-0.2, 0) is 27.1 Å². The topological polar surface area (TPSA) is 21.3 Å². The molecule has 6 heterocycles. The first-order valence-electron chi connectivity index (χ1n) is 27.2. The van der Waals surface area contributed by atoms with E-state index in [-0.39, 0.29) is 33.9 Å². The lowest BCUT2D eigenvalue weighted by molar-refractivity contribution is 0.332. The molecule has 0 bridgehead atoms. The lowest BCUT2D eigenvalue weighted by Crippen LogP contribution is -2.60. The van der Waals surface area contributed by atoms with Crippen LogP contribution >= 0.6 is 22.7 Å². The van der Waals surface area contributed by atoms with E-state index in [1.54, 1.807) is 0 Å². The van der Waals surface area contributed by atoms with Gasteiger partial charge in [0.05, 0.1) is 11.0 Å². The van der Waals surface area contributed by atoms with Crippen LogP contribution in [-0.4, -0.2) is 11.4 Å². The van der Waals surface area contributed by atoms with Crippen LogP contribution in [0.3, 0.4) is 0 Å². The first-order valence-corrected chi connectivity index (χ1v) is 28.8. The molecule has 2 aliphatic heterocycles. The van der Waals surface area contributed by atoms with Gasteiger partial charge in [-0.15, -0.1) is 22.7 Å². The van der Waals surface area contributed by atoms with E-state index < -0.39 is 0 Å². The van der Waals surface area contributed by atoms with Gasteiger partial charge in [-0.2, -0.15) is 0 Å². The number of nitrogens with zero attached hydrogens (tertiary/aromatic N) is 2. The molecule has 2 aliphatic carbocycles. The van der Waals surface area contributed by atoms with Crippen LogP contribution in [0.5, 0.6) is 0 Å². The maximum atomic E-state index is 7.24. The Hall–Kier alpha value is -6.34. The summed E-state index contributed by atoms with van der Waals surface area (Å²) in [5.41, 5.74) is 21.2. The molecule has 12 aromatic rings. The van der Waals surface area contributed by atoms with E-state index >= 15 is 0 Å². The summed E-state index contributed by atoms with van der Waals surface area (Å²) in [6.07, 6.45) is 4.67. The van der Waals surface area contributed by atoms with Gasteiger partial charge in [-0.1, -0.05) is 125 Å². The molecule has 0 radical (unpaired) electrons. The number of fused-ring (bicyclic) bond motifs is 21. The number of aromatic nitrogens is 1. The van der Waals surface area contributed by atoms with Crippen molar-refractivity contribution in [2.45, 2.75) is 129 Å². The number of anilines is 2. The van der Waals surface area contributed by atoms with Crippen molar-refractivity contribution >= 4 is 136 Å². The van der Waals surface area contributed by atoms with E-state index in [9.17, 15) is 0 Å². The van der Waals surface area contributed by atoms with E-state index in [4.69, 9.17) is 4.42 Å². The van der Waals surface area contributed by atoms with Gasteiger partial charge >= 0.3 is 6.85 Å². The zero-order valence-electron chi connectivity index (χ0n) is 44.6. The second kappa shape index (κ2) is 13.9. The smallest absolute Gasteiger partial charge is 0.333 e. The molecule has 0 saturated carbocycles. The standard InChI is InChI=1S/C68H61BN2OS2/c1-64(2,3)36-20-22-37(23-21-36)71-51-30-41-40-28-45-48(68(10,11)27-25-65(45,4)5)34-54(40)72-53(41)32-44(51)60-61-62-58(59-39-17-13-15-19-56(39)74-63(59)60)43-29-46-47(67(8,9)26-24-66(46,6)7)33-50(43)70(62)52-31-42-38-16-12-14-18-55(38)73-57(42)35-49(52)69(61)71/h12-23,28-35H,24-27H2,1-11H3. The molecule has 3 nitrogen and oxygen atoms in total. The summed E-state index contributed by atoms with van der Waals surface area (Å²) in [7, 11) is 0. The molecule has 0 saturated heterocycles. The van der Waals surface area contributed by atoms with Crippen molar-refractivity contribution in [1.82, 2.24) is 4.57 Å². The summed E-state index contributed by atoms with van der Waals surface area (Å²) in [6, 6.07) is 48.4. The predicted molar refractivity (Wildman–Crippen MR) is 322 cm³/mol. The Kier molecular flexibility index (Phi) is 8.28. The van der Waals surface area contributed by atoms with E-state index in [2.05, 4.69) is 207 Å². The van der Waals surface area contributed by atoms with Crippen molar-refractivity contribution in [3.8, 4) is 16.8 Å². The minimum absolute atomic E-state index is 0.0146. The van der Waals surface area contributed by atoms with Crippen LogP contribution in [0, 0.1) is 0 Å². The SMILES string of the molecule is CC(C)(C)c1ccc(N2B3c4cc5sc6ccccc6c5cc4-n4c5cc6c(cc5c5c7c(sc8ccccc87)c(c3c54)-c3cc4oc5cc7c(cc5c4cc32)C(C)(C)CCC7(C)C)C(C)(C)CCC6(C)C)cc1. The minimum atomic E-state index is -0.123. The van der Waals surface area contributed by atoms with Crippen molar-refractivity contribution in [2.75, 3.05) is 4.81 Å². The van der Waals surface area contributed by atoms with Crippen LogP contribution in [0.25, 0.3) is 101 Å². The molecule has 0 spiro atoms. The van der Waals surface area contributed by atoms with Gasteiger partial charge in [-0.25, -0.2) is 0 Å². The molecule has 4 aromatic heterocycles. The number of thiophene rings is 2. The fourth-order valence-corrected chi connectivity index (χ4v) is 17.2. The average Bonchev–Trinajstić information content (AvgIpc) is 4.20. The van der Waals surface area contributed by atoms with Crippen molar-refractivity contribution < 1.29 is 4.42 Å². The Labute approximate surface area is 441 Å². The van der Waals surface area contributed by atoms with E-state index in [1.165, 1.54) is 159 Å². The molecule has 0 atom stereocenters. The maximum absolute atomic E-state index is 7.24. The Morgan fingerprint density at radius 1 is 0.514 bits per heavy atom. The molecule has 8 aromatic carbocycles. The van der Waals surface area contributed by atoms with E-state index in [0.29, 0.717) is 0 Å². The monoisotopic (exact) mass is 996 g/mol. The van der Waals surface area contributed by atoms with Crippen LogP contribution in [0.15, 0.2) is 126 Å². The molecular weight excluding hydrogens is 936 g/mol. The Bertz CT molecular complexity index is 4540. The Morgan fingerprint density at radius 2 is 1.08 bits per heavy atom. The first kappa shape index (κ1) is 44.0. The van der Waals surface area contributed by atoms with Crippen molar-refractivity contribution in [2.24, 2.45) is 0 Å². The van der Waals surface area contributed by atoms with Crippen LogP contribution in [0.2, 0.25) is 0 Å². The summed E-state index contributed by atoms with van der Waals surface area (Å²) < 4.78 is 15.4. The van der Waals surface area contributed by atoms with Crippen LogP contribution in [0.1, 0.15) is 130 Å². The normalized spacial score (nSPS) is 18.1. The number of benzene rings is 8. The van der Waals surface area contributed by atoms with Crippen molar-refractivity contribution in [3.63, 3.8) is 0 Å². The number of hydrogen-bond acceptors (Lipinski definition) is 4. The number of hydrogen-bond donors (Lipinski definition) is 0. The van der Waals surface area contributed by atoms with Crippen LogP contribution in [0.4, 0.5) is 11.4 Å². The Balaban J connectivity index is 1.13. The summed E-state index contributed by atoms with van der Waals surface area (Å²) in [5, 5.41) is 10.6. The maximum Gasteiger partial charge on any atom is 0.333 e. The third kappa shape index (κ3) is 5.59. The quantitative estimate of drug-likeness (QED) is 0.153. The lowest BCUT2D eigenvalue weighted by atomic mass is 9.44. The second-order valence-corrected chi connectivity index (χ2v) is 28.7. The van der Waals surface area contributed by atoms with E-state index in [0.717, 1.165) is 17.6 Å². The highest BCUT2D eigenvalue weighted by Crippen LogP contribution is 2.57. The van der Waals surface area contributed by atoms with Gasteiger partial charge in [-0.3, -0.25) is 0 Å². The molecule has 0 fully saturated rings. The molecule has 0 N–H and O–H groups in total. The molecule has 364 valence electrons. The molecule has 0 amide bonds. The second-order valence-electron chi connectivity index (χ2n) is 26.5. The largest absolute Gasteiger partial charge is 0.456 e. The number of furan rings is 1. The third-order valence-electron chi connectivity index (χ3n) is 19.2. The first-order chi connectivity index (χ1) is 35.3. The van der Waals surface area contributed by atoms with Gasteiger partial charge in [0.15, 0.2) is 0 Å². The minimum Gasteiger partial charge on any atom is -0.456 e. The Morgan fingerprint density at radius 3 is 1.76 bits per heavy atom. The van der Waals surface area contributed by atoms with Gasteiger partial charge in [0.2, 0.25) is 0 Å². The fourth-order valence-electron chi connectivity index (χ4n) is 14.8. The van der Waals surface area contributed by atoms with Gasteiger partial charge < -0.3 is 13.8 Å². The molecule has 6 heteroatoms. The predicted octanol–water partition coefficient (Wildman–Crippen LogP) is 18.7. The molecule has 16 rings (SSSR count). The van der Waals surface area contributed by atoms with Gasteiger partial charge in [0.25, 0.3) is 0 Å². The molecule has 4 aliphatic rings. The number of rotatable bonds is 1. The molecule has 0 unspecified atom stereocenters. The van der Waals surface area contributed by atoms with E-state index in [1.807, 2.05) is 22.7 Å². The fraction of sp³-hybridized carbons (Fsp3) is 0.294. The van der Waals surface area contributed by atoms with Crippen LogP contribution < -0.4 is 15.7 Å². The van der Waals surface area contributed by atoms with Crippen molar-refractivity contribution in [3.05, 3.63) is 149 Å². The van der Waals surface area contributed by atoms with Gasteiger partial charge in [0.1, 0.15) is 11.2 Å². The highest BCUT2D eigenvalue weighted by atomic mass is 32.1. The van der Waals surface area contributed by atoms with Crippen molar-refractivity contribution in [1.29, 1.82) is 0 Å². The molecular formula is C68H61BN2OS2. The summed E-state index contributed by atoms with van der Waals surface area (Å²) >= 11 is 3.92. The highest BCUT2D eigenvalue weighted by Gasteiger charge is 2.48. The van der Waals surface area contributed by atoms with Gasteiger partial charge in [-0.05, 0) is 164 Å². The summed E-state index contributed by atoms with van der Waals surface area (Å²) in [5.74, 6) is 0.